The lowest BCUT2D eigenvalue weighted by molar-refractivity contribution is -0.423. The first-order chi connectivity index (χ1) is 6.18. The summed E-state index contributed by atoms with van der Waals surface area (Å²) in [5.41, 5.74) is 4.73. The van der Waals surface area contributed by atoms with Crippen molar-refractivity contribution < 1.29 is 15.6 Å². The van der Waals surface area contributed by atoms with Crippen molar-refractivity contribution in [1.29, 1.82) is 0 Å². The Labute approximate surface area is 76.4 Å². The van der Waals surface area contributed by atoms with Gasteiger partial charge in [-0.15, -0.1) is 0 Å². The molecule has 0 aromatic carbocycles. The molecular formula is C9H12N2O2. The molecule has 1 aromatic heterocycles. The highest BCUT2D eigenvalue weighted by Crippen LogP contribution is 2.00. The molecule has 1 rings (SSSR count). The summed E-state index contributed by atoms with van der Waals surface area (Å²) in [4.78, 5) is 14.2. The minimum atomic E-state index is -1.05. The molecule has 0 unspecified atom stereocenters. The molecule has 0 fully saturated rings. The van der Waals surface area contributed by atoms with Crippen LogP contribution in [0.3, 0.4) is 0 Å². The fourth-order valence-electron chi connectivity index (χ4n) is 1.16. The van der Waals surface area contributed by atoms with Crippen molar-refractivity contribution in [2.75, 3.05) is 0 Å². The van der Waals surface area contributed by atoms with E-state index >= 15 is 0 Å². The quantitative estimate of drug-likeness (QED) is 0.604. The Balaban J connectivity index is 2.45. The van der Waals surface area contributed by atoms with E-state index in [4.69, 9.17) is 0 Å². The van der Waals surface area contributed by atoms with Crippen molar-refractivity contribution in [3.63, 3.8) is 0 Å². The van der Waals surface area contributed by atoms with Gasteiger partial charge in [-0.1, -0.05) is 6.07 Å². The van der Waals surface area contributed by atoms with Crippen LogP contribution < -0.4 is 10.8 Å². The van der Waals surface area contributed by atoms with Gasteiger partial charge in [-0.05, 0) is 11.6 Å². The lowest BCUT2D eigenvalue weighted by Crippen LogP contribution is -2.63. The second-order valence-corrected chi connectivity index (χ2v) is 3.01. The van der Waals surface area contributed by atoms with Crippen LogP contribution in [0.4, 0.5) is 0 Å². The number of quaternary nitrogens is 1. The van der Waals surface area contributed by atoms with Gasteiger partial charge >= 0.3 is 0 Å². The number of pyridine rings is 1. The van der Waals surface area contributed by atoms with Crippen LogP contribution in [0.25, 0.3) is 0 Å². The standard InChI is InChI=1S/C9H12N2O2/c10-8(5-9(12)13)4-7-2-1-3-11-6-7/h1-3,6,8H,4-5,10H2,(H,12,13)/t8-/m1/s1. The van der Waals surface area contributed by atoms with E-state index in [0.29, 0.717) is 6.42 Å². The van der Waals surface area contributed by atoms with Crippen molar-refractivity contribution >= 4 is 5.97 Å². The van der Waals surface area contributed by atoms with Gasteiger partial charge in [-0.25, -0.2) is 0 Å². The molecule has 1 heterocycles. The highest BCUT2D eigenvalue weighted by atomic mass is 16.4. The average Bonchev–Trinajstić information content (AvgIpc) is 2.04. The Morgan fingerprint density at radius 1 is 1.69 bits per heavy atom. The average molecular weight is 180 g/mol. The van der Waals surface area contributed by atoms with Crippen molar-refractivity contribution in [2.24, 2.45) is 0 Å². The molecule has 0 spiro atoms. The second-order valence-electron chi connectivity index (χ2n) is 3.01. The Morgan fingerprint density at radius 2 is 2.46 bits per heavy atom. The van der Waals surface area contributed by atoms with E-state index < -0.39 is 5.97 Å². The van der Waals surface area contributed by atoms with Gasteiger partial charge in [-0.2, -0.15) is 0 Å². The Kier molecular flexibility index (Phi) is 3.40. The summed E-state index contributed by atoms with van der Waals surface area (Å²) in [5.74, 6) is -1.05. The van der Waals surface area contributed by atoms with Gasteiger partial charge < -0.3 is 15.6 Å². The number of carbonyl (C=O) groups excluding carboxylic acids is 1. The van der Waals surface area contributed by atoms with Crippen LogP contribution >= 0.6 is 0 Å². The van der Waals surface area contributed by atoms with E-state index in [1.165, 1.54) is 0 Å². The SMILES string of the molecule is [NH3+][C@@H](CC(=O)[O-])Cc1cccnc1. The lowest BCUT2D eigenvalue weighted by Gasteiger charge is -2.08. The molecule has 0 aliphatic heterocycles. The summed E-state index contributed by atoms with van der Waals surface area (Å²) in [6.07, 6.45) is 4.02. The van der Waals surface area contributed by atoms with Crippen LogP contribution in [-0.2, 0) is 11.2 Å². The summed E-state index contributed by atoms with van der Waals surface area (Å²) in [5, 5.41) is 10.2. The van der Waals surface area contributed by atoms with Crippen LogP contribution in [0.5, 0.6) is 0 Å². The molecule has 0 aliphatic carbocycles. The molecular weight excluding hydrogens is 168 g/mol. The normalized spacial score (nSPS) is 12.4. The maximum atomic E-state index is 10.2. The predicted octanol–water partition coefficient (Wildman–Crippen LogP) is -1.63. The first-order valence-electron chi connectivity index (χ1n) is 4.10. The maximum Gasteiger partial charge on any atom is 0.0937 e. The van der Waals surface area contributed by atoms with Crippen LogP contribution in [0.1, 0.15) is 12.0 Å². The third-order valence-electron chi connectivity index (χ3n) is 1.70. The molecule has 0 radical (unpaired) electrons. The fraction of sp³-hybridized carbons (Fsp3) is 0.333. The third-order valence-corrected chi connectivity index (χ3v) is 1.70. The number of aliphatic carboxylic acids is 1. The van der Waals surface area contributed by atoms with E-state index in [1.54, 1.807) is 12.4 Å². The molecule has 13 heavy (non-hydrogen) atoms. The van der Waals surface area contributed by atoms with E-state index in [2.05, 4.69) is 10.7 Å². The van der Waals surface area contributed by atoms with E-state index in [-0.39, 0.29) is 12.5 Å². The van der Waals surface area contributed by atoms with Gasteiger partial charge in [0.2, 0.25) is 0 Å². The molecule has 0 aliphatic rings. The van der Waals surface area contributed by atoms with E-state index in [0.717, 1.165) is 5.56 Å². The topological polar surface area (TPSA) is 80.7 Å². The van der Waals surface area contributed by atoms with Gasteiger partial charge in [-0.3, -0.25) is 4.98 Å². The predicted molar refractivity (Wildman–Crippen MR) is 44.2 cm³/mol. The molecule has 0 saturated heterocycles. The number of nitrogens with zero attached hydrogens (tertiary/aromatic N) is 1. The number of aromatic nitrogens is 1. The first-order valence-corrected chi connectivity index (χ1v) is 4.10. The number of rotatable bonds is 4. The smallest absolute Gasteiger partial charge is 0.0937 e. The Bertz CT molecular complexity index is 274. The Hall–Kier alpha value is -1.42. The molecule has 70 valence electrons. The third kappa shape index (κ3) is 3.66. The van der Waals surface area contributed by atoms with Crippen LogP contribution in [0, 0.1) is 0 Å². The zero-order valence-electron chi connectivity index (χ0n) is 7.27. The number of carbonyl (C=O) groups is 1. The van der Waals surface area contributed by atoms with Gasteiger partial charge in [0.15, 0.2) is 0 Å². The van der Waals surface area contributed by atoms with Crippen molar-refractivity contribution in [3.8, 4) is 0 Å². The molecule has 0 bridgehead atoms. The summed E-state index contributed by atoms with van der Waals surface area (Å²) >= 11 is 0. The highest BCUT2D eigenvalue weighted by Gasteiger charge is 2.07. The van der Waals surface area contributed by atoms with Crippen LogP contribution in [-0.4, -0.2) is 17.0 Å². The first kappa shape index (κ1) is 9.67. The summed E-state index contributed by atoms with van der Waals surface area (Å²) < 4.78 is 0. The number of hydrogen-bond donors (Lipinski definition) is 1. The zero-order valence-corrected chi connectivity index (χ0v) is 7.27. The van der Waals surface area contributed by atoms with Crippen molar-refractivity contribution in [1.82, 2.24) is 4.98 Å². The summed E-state index contributed by atoms with van der Waals surface area (Å²) in [7, 11) is 0. The minimum absolute atomic E-state index is 0.00507. The molecule has 1 aromatic rings. The molecule has 4 nitrogen and oxygen atoms in total. The minimum Gasteiger partial charge on any atom is -0.550 e. The molecule has 1 atom stereocenters. The van der Waals surface area contributed by atoms with Crippen LogP contribution in [0.15, 0.2) is 24.5 Å². The van der Waals surface area contributed by atoms with Gasteiger partial charge in [0.25, 0.3) is 0 Å². The highest BCUT2D eigenvalue weighted by molar-refractivity contribution is 5.64. The summed E-state index contributed by atoms with van der Waals surface area (Å²) in [6.45, 7) is 0. The number of carboxylic acid groups (broad SMARTS) is 1. The number of carboxylic acids is 1. The lowest BCUT2D eigenvalue weighted by atomic mass is 10.1. The Morgan fingerprint density at radius 3 is 3.00 bits per heavy atom. The van der Waals surface area contributed by atoms with E-state index in [1.807, 2.05) is 12.1 Å². The van der Waals surface area contributed by atoms with Gasteiger partial charge in [0.1, 0.15) is 0 Å². The van der Waals surface area contributed by atoms with Crippen molar-refractivity contribution in [2.45, 2.75) is 18.9 Å². The van der Waals surface area contributed by atoms with Crippen LogP contribution in [0.2, 0.25) is 0 Å². The largest absolute Gasteiger partial charge is 0.550 e. The summed E-state index contributed by atoms with van der Waals surface area (Å²) in [6, 6.07) is 3.58. The second kappa shape index (κ2) is 4.57. The molecule has 0 amide bonds. The molecule has 3 N–H and O–H groups in total. The van der Waals surface area contributed by atoms with Gasteiger partial charge in [0.05, 0.1) is 6.04 Å². The zero-order chi connectivity index (χ0) is 9.68. The maximum absolute atomic E-state index is 10.2. The monoisotopic (exact) mass is 180 g/mol. The van der Waals surface area contributed by atoms with Crippen molar-refractivity contribution in [3.05, 3.63) is 30.1 Å². The molecule has 0 saturated carbocycles. The molecule has 4 heteroatoms. The van der Waals surface area contributed by atoms with E-state index in [9.17, 15) is 9.90 Å². The fourth-order valence-corrected chi connectivity index (χ4v) is 1.16. The van der Waals surface area contributed by atoms with Gasteiger partial charge in [0, 0.05) is 31.2 Å². The number of hydrogen-bond acceptors (Lipinski definition) is 3.